The van der Waals surface area contributed by atoms with Gasteiger partial charge in [-0.3, -0.25) is 0 Å². The van der Waals surface area contributed by atoms with E-state index in [0.29, 0.717) is 43.6 Å². The van der Waals surface area contributed by atoms with Gasteiger partial charge in [-0.1, -0.05) is 6.07 Å². The van der Waals surface area contributed by atoms with Crippen molar-refractivity contribution in [3.63, 3.8) is 0 Å². The molecule has 8 heteroatoms. The van der Waals surface area contributed by atoms with Crippen molar-refractivity contribution < 1.29 is 14.2 Å². The van der Waals surface area contributed by atoms with Gasteiger partial charge < -0.3 is 30.2 Å². The summed E-state index contributed by atoms with van der Waals surface area (Å²) >= 11 is 0. The Labute approximate surface area is 147 Å². The molecule has 0 aliphatic heterocycles. The number of aromatic nitrogens is 2. The van der Waals surface area contributed by atoms with Crippen molar-refractivity contribution in [3.8, 4) is 5.75 Å². The number of anilines is 4. The van der Waals surface area contributed by atoms with Crippen LogP contribution in [0.15, 0.2) is 30.6 Å². The van der Waals surface area contributed by atoms with E-state index in [1.165, 1.54) is 6.33 Å². The lowest BCUT2D eigenvalue weighted by Crippen LogP contribution is -2.32. The number of methoxy groups -OCH3 is 3. The van der Waals surface area contributed by atoms with E-state index in [1.54, 1.807) is 21.3 Å². The molecule has 136 valence electrons. The van der Waals surface area contributed by atoms with E-state index in [4.69, 9.17) is 19.9 Å². The van der Waals surface area contributed by atoms with Gasteiger partial charge in [-0.05, 0) is 12.1 Å². The molecule has 0 saturated heterocycles. The van der Waals surface area contributed by atoms with Crippen molar-refractivity contribution in [1.82, 2.24) is 9.97 Å². The number of nitrogens with zero attached hydrogens (tertiary/aromatic N) is 3. The first-order valence-corrected chi connectivity index (χ1v) is 7.94. The molecule has 0 radical (unpaired) electrons. The number of benzene rings is 1. The molecule has 2 aromatic rings. The van der Waals surface area contributed by atoms with Crippen molar-refractivity contribution in [2.24, 2.45) is 0 Å². The molecule has 0 amide bonds. The number of nitrogens with two attached hydrogens (primary N) is 1. The minimum absolute atomic E-state index is 0.470. The predicted molar refractivity (Wildman–Crippen MR) is 98.7 cm³/mol. The Morgan fingerprint density at radius 2 is 1.80 bits per heavy atom. The van der Waals surface area contributed by atoms with Crippen molar-refractivity contribution in [1.29, 1.82) is 0 Å². The van der Waals surface area contributed by atoms with Crippen molar-refractivity contribution in [3.05, 3.63) is 30.6 Å². The van der Waals surface area contributed by atoms with Crippen molar-refractivity contribution >= 4 is 23.0 Å². The van der Waals surface area contributed by atoms with E-state index in [0.717, 1.165) is 11.4 Å². The fraction of sp³-hybridized carbons (Fsp3) is 0.412. The third kappa shape index (κ3) is 5.20. The van der Waals surface area contributed by atoms with Gasteiger partial charge in [0.1, 0.15) is 17.8 Å². The summed E-state index contributed by atoms with van der Waals surface area (Å²) in [4.78, 5) is 10.6. The highest BCUT2D eigenvalue weighted by molar-refractivity contribution is 5.78. The van der Waals surface area contributed by atoms with Crippen LogP contribution in [0.3, 0.4) is 0 Å². The van der Waals surface area contributed by atoms with E-state index in [-0.39, 0.29) is 0 Å². The van der Waals surface area contributed by atoms with Crippen LogP contribution in [0.2, 0.25) is 0 Å². The Morgan fingerprint density at radius 3 is 2.44 bits per heavy atom. The third-order valence-electron chi connectivity index (χ3n) is 3.63. The van der Waals surface area contributed by atoms with Gasteiger partial charge >= 0.3 is 0 Å². The van der Waals surface area contributed by atoms with Crippen LogP contribution >= 0.6 is 0 Å². The van der Waals surface area contributed by atoms with Gasteiger partial charge in [0, 0.05) is 39.1 Å². The zero-order valence-corrected chi connectivity index (χ0v) is 14.9. The molecule has 1 aromatic carbocycles. The molecule has 25 heavy (non-hydrogen) atoms. The van der Waals surface area contributed by atoms with Crippen LogP contribution in [0.1, 0.15) is 0 Å². The highest BCUT2D eigenvalue weighted by Crippen LogP contribution is 2.29. The molecule has 0 unspecified atom stereocenters. The van der Waals surface area contributed by atoms with Gasteiger partial charge in [-0.15, -0.1) is 0 Å². The second-order valence-electron chi connectivity index (χ2n) is 5.29. The number of rotatable bonds is 10. The van der Waals surface area contributed by atoms with Crippen LogP contribution in [-0.4, -0.2) is 57.6 Å². The maximum absolute atomic E-state index is 6.30. The third-order valence-corrected chi connectivity index (χ3v) is 3.63. The Morgan fingerprint density at radius 1 is 1.08 bits per heavy atom. The van der Waals surface area contributed by atoms with E-state index in [1.807, 2.05) is 29.2 Å². The van der Waals surface area contributed by atoms with Gasteiger partial charge in [0.15, 0.2) is 11.6 Å². The average molecular weight is 347 g/mol. The Hall–Kier alpha value is -2.58. The second-order valence-corrected chi connectivity index (χ2v) is 5.29. The molecule has 0 spiro atoms. The normalized spacial score (nSPS) is 10.5. The summed E-state index contributed by atoms with van der Waals surface area (Å²) in [6.07, 6.45) is 1.49. The molecule has 0 atom stereocenters. The average Bonchev–Trinajstić information content (AvgIpc) is 2.64. The van der Waals surface area contributed by atoms with E-state index in [2.05, 4.69) is 15.3 Å². The lowest BCUT2D eigenvalue weighted by atomic mass is 10.3. The molecule has 3 N–H and O–H groups in total. The summed E-state index contributed by atoms with van der Waals surface area (Å²) in [5.41, 5.74) is 7.60. The summed E-state index contributed by atoms with van der Waals surface area (Å²) in [6, 6.07) is 7.55. The number of nitrogen functional groups attached to an aromatic ring is 1. The molecule has 0 aliphatic rings. The van der Waals surface area contributed by atoms with Gasteiger partial charge in [-0.2, -0.15) is 0 Å². The molecular weight excluding hydrogens is 322 g/mol. The quantitative estimate of drug-likeness (QED) is 0.673. The number of hydrogen-bond donors (Lipinski definition) is 2. The Kier molecular flexibility index (Phi) is 7.24. The van der Waals surface area contributed by atoms with Crippen LogP contribution in [0.25, 0.3) is 0 Å². The van der Waals surface area contributed by atoms with Crippen LogP contribution in [-0.2, 0) is 9.47 Å². The molecule has 0 bridgehead atoms. The van der Waals surface area contributed by atoms with Crippen molar-refractivity contribution in [2.75, 3.05) is 63.6 Å². The summed E-state index contributed by atoms with van der Waals surface area (Å²) in [5, 5.41) is 3.21. The van der Waals surface area contributed by atoms with Crippen LogP contribution in [0, 0.1) is 0 Å². The first kappa shape index (κ1) is 18.8. The van der Waals surface area contributed by atoms with E-state index in [9.17, 15) is 0 Å². The van der Waals surface area contributed by atoms with E-state index < -0.39 is 0 Å². The maximum atomic E-state index is 6.30. The molecule has 1 aromatic heterocycles. The van der Waals surface area contributed by atoms with Gasteiger partial charge in [0.25, 0.3) is 0 Å². The standard InChI is InChI=1S/C17H25N5O3/c1-23-9-7-22(8-10-24-2)17-15(18)16(19-12-20-17)21-13-5-4-6-14(11-13)25-3/h4-6,11-12H,7-10,18H2,1-3H3,(H,19,20,21). The lowest BCUT2D eigenvalue weighted by Gasteiger charge is -2.25. The molecular formula is C17H25N5O3. The van der Waals surface area contributed by atoms with E-state index >= 15 is 0 Å². The molecule has 2 rings (SSSR count). The summed E-state index contributed by atoms with van der Waals surface area (Å²) in [7, 11) is 4.95. The lowest BCUT2D eigenvalue weighted by molar-refractivity contribution is 0.190. The highest BCUT2D eigenvalue weighted by Gasteiger charge is 2.15. The fourth-order valence-electron chi connectivity index (χ4n) is 2.30. The maximum Gasteiger partial charge on any atom is 0.159 e. The van der Waals surface area contributed by atoms with Gasteiger partial charge in [-0.25, -0.2) is 9.97 Å². The monoisotopic (exact) mass is 347 g/mol. The topological polar surface area (TPSA) is 94.8 Å². The van der Waals surface area contributed by atoms with Crippen LogP contribution < -0.4 is 20.7 Å². The van der Waals surface area contributed by atoms with Crippen LogP contribution in [0.5, 0.6) is 5.75 Å². The minimum Gasteiger partial charge on any atom is -0.497 e. The number of nitrogens with one attached hydrogen (secondary N) is 1. The highest BCUT2D eigenvalue weighted by atomic mass is 16.5. The zero-order chi connectivity index (χ0) is 18.1. The molecule has 0 aliphatic carbocycles. The molecule has 1 heterocycles. The van der Waals surface area contributed by atoms with Gasteiger partial charge in [0.05, 0.1) is 20.3 Å². The predicted octanol–water partition coefficient (Wildman–Crippen LogP) is 1.91. The number of ether oxygens (including phenoxy) is 3. The molecule has 0 saturated carbocycles. The smallest absolute Gasteiger partial charge is 0.159 e. The van der Waals surface area contributed by atoms with Crippen LogP contribution in [0.4, 0.5) is 23.0 Å². The first-order valence-electron chi connectivity index (χ1n) is 7.94. The van der Waals surface area contributed by atoms with Crippen molar-refractivity contribution in [2.45, 2.75) is 0 Å². The largest absolute Gasteiger partial charge is 0.497 e. The summed E-state index contributed by atoms with van der Waals surface area (Å²) in [6.45, 7) is 2.43. The molecule has 0 fully saturated rings. The SMILES string of the molecule is COCCN(CCOC)c1ncnc(Nc2cccc(OC)c2)c1N. The fourth-order valence-corrected chi connectivity index (χ4v) is 2.30. The summed E-state index contributed by atoms with van der Waals surface area (Å²) in [5.74, 6) is 1.94. The Bertz CT molecular complexity index is 660. The summed E-state index contributed by atoms with van der Waals surface area (Å²) < 4.78 is 15.6. The minimum atomic E-state index is 0.470. The first-order chi connectivity index (χ1) is 12.2. The zero-order valence-electron chi connectivity index (χ0n) is 14.9. The van der Waals surface area contributed by atoms with Gasteiger partial charge in [0.2, 0.25) is 0 Å². The number of hydrogen-bond acceptors (Lipinski definition) is 8. The molecule has 8 nitrogen and oxygen atoms in total. The Balaban J connectivity index is 2.24. The second kappa shape index (κ2) is 9.65.